The molecule has 0 amide bonds. The molecule has 1 heteroatoms. The molecule has 0 atom stereocenters. The maximum Gasteiger partial charge on any atom is 0.0540 e. The molecular weight excluding hydrogens is 556 g/mol. The molecule has 0 saturated carbocycles. The Morgan fingerprint density at radius 1 is 0.304 bits per heavy atom. The Hall–Kier alpha value is -3.16. The molecule has 0 spiro atoms. The van der Waals surface area contributed by atoms with Gasteiger partial charge >= 0.3 is 0 Å². The monoisotopic (exact) mass is 625 g/mol. The van der Waals surface area contributed by atoms with E-state index in [1.165, 1.54) is 0 Å². The number of unbranched alkanes of at least 4 members (excludes halogenated alkanes) is 2. The Morgan fingerprint density at radius 2 is 0.500 bits per heavy atom. The van der Waals surface area contributed by atoms with Gasteiger partial charge in [0.05, 0.1) is 6.10 Å². The fourth-order valence-corrected chi connectivity index (χ4v) is 4.37. The number of aliphatic hydroxyl groups excluding tert-OH is 1. The second kappa shape index (κ2) is 39.9. The molecule has 0 fully saturated rings. The fraction of sp³-hybridized carbons (Fsp3) is 0.467. The van der Waals surface area contributed by atoms with E-state index >= 15 is 0 Å². The lowest BCUT2D eigenvalue weighted by molar-refractivity contribution is 0.150. The smallest absolute Gasteiger partial charge is 0.0540 e. The number of allylic oxidation sites excluding steroid dienone is 24. The highest BCUT2D eigenvalue weighted by atomic mass is 16.3. The SMILES string of the molecule is CC/C=C\C/C=C\C/C=C\C/C=C\C/C=C\C/C=C\CCCC(O)CCC/C=C\C/C=C\C/C=C\C/C=C\C/C=C\C/C=C\CC. The molecule has 0 aliphatic carbocycles. The molecule has 0 heterocycles. The predicted molar refractivity (Wildman–Crippen MR) is 210 cm³/mol. The number of hydrogen-bond acceptors (Lipinski definition) is 1. The van der Waals surface area contributed by atoms with E-state index in [0.29, 0.717) is 0 Å². The van der Waals surface area contributed by atoms with Gasteiger partial charge in [-0.1, -0.05) is 160 Å². The van der Waals surface area contributed by atoms with Gasteiger partial charge in [-0.25, -0.2) is 0 Å². The molecule has 0 radical (unpaired) electrons. The summed E-state index contributed by atoms with van der Waals surface area (Å²) in [5, 5.41) is 10.3. The van der Waals surface area contributed by atoms with Crippen molar-refractivity contribution in [2.75, 3.05) is 0 Å². The van der Waals surface area contributed by atoms with Gasteiger partial charge in [-0.05, 0) is 116 Å². The van der Waals surface area contributed by atoms with E-state index < -0.39 is 0 Å². The van der Waals surface area contributed by atoms with Crippen LogP contribution in [0.1, 0.15) is 129 Å². The molecule has 0 unspecified atom stereocenters. The van der Waals surface area contributed by atoms with Crippen molar-refractivity contribution in [2.45, 2.75) is 136 Å². The summed E-state index contributed by atoms with van der Waals surface area (Å²) in [6.07, 6.45) is 71.8. The second-order valence-electron chi connectivity index (χ2n) is 11.3. The average Bonchev–Trinajstić information content (AvgIpc) is 3.06. The molecule has 46 heavy (non-hydrogen) atoms. The molecule has 0 aromatic carbocycles. The molecule has 0 rings (SSSR count). The van der Waals surface area contributed by atoms with Crippen LogP contribution in [-0.2, 0) is 0 Å². The first-order valence-corrected chi connectivity index (χ1v) is 18.3. The van der Waals surface area contributed by atoms with Crippen molar-refractivity contribution in [1.29, 1.82) is 0 Å². The highest BCUT2D eigenvalue weighted by molar-refractivity contribution is 5.03. The minimum atomic E-state index is -0.168. The summed E-state index contributed by atoms with van der Waals surface area (Å²) in [6.45, 7) is 4.33. The van der Waals surface area contributed by atoms with E-state index in [2.05, 4.69) is 160 Å². The van der Waals surface area contributed by atoms with E-state index in [1.807, 2.05) is 0 Å². The van der Waals surface area contributed by atoms with E-state index in [4.69, 9.17) is 0 Å². The number of aliphatic hydroxyl groups is 1. The van der Waals surface area contributed by atoms with Crippen LogP contribution in [0.4, 0.5) is 0 Å². The van der Waals surface area contributed by atoms with Crippen LogP contribution in [-0.4, -0.2) is 11.2 Å². The zero-order valence-electron chi connectivity index (χ0n) is 29.6. The Kier molecular flexibility index (Phi) is 37.1. The van der Waals surface area contributed by atoms with Crippen molar-refractivity contribution in [3.05, 3.63) is 146 Å². The molecule has 0 aliphatic rings. The van der Waals surface area contributed by atoms with Crippen molar-refractivity contribution in [3.8, 4) is 0 Å². The predicted octanol–water partition coefficient (Wildman–Crippen LogP) is 14.1. The maximum atomic E-state index is 10.3. The minimum Gasteiger partial charge on any atom is -0.393 e. The zero-order valence-corrected chi connectivity index (χ0v) is 29.6. The van der Waals surface area contributed by atoms with Gasteiger partial charge in [0, 0.05) is 0 Å². The lowest BCUT2D eigenvalue weighted by atomic mass is 10.1. The first-order chi connectivity index (χ1) is 22.8. The van der Waals surface area contributed by atoms with Gasteiger partial charge in [0.25, 0.3) is 0 Å². The summed E-state index contributed by atoms with van der Waals surface area (Å²) in [6, 6.07) is 0. The maximum absolute atomic E-state index is 10.3. The molecule has 0 saturated heterocycles. The van der Waals surface area contributed by atoms with Crippen LogP contribution in [0.25, 0.3) is 0 Å². The van der Waals surface area contributed by atoms with Crippen molar-refractivity contribution >= 4 is 0 Å². The van der Waals surface area contributed by atoms with E-state index in [1.54, 1.807) is 0 Å². The third-order valence-electron chi connectivity index (χ3n) is 7.01. The van der Waals surface area contributed by atoms with Crippen molar-refractivity contribution < 1.29 is 5.11 Å². The number of hydrogen-bond donors (Lipinski definition) is 1. The molecule has 1 nitrogen and oxygen atoms in total. The van der Waals surface area contributed by atoms with Gasteiger partial charge in [0.1, 0.15) is 0 Å². The highest BCUT2D eigenvalue weighted by Gasteiger charge is 2.01. The Morgan fingerprint density at radius 3 is 0.717 bits per heavy atom. The van der Waals surface area contributed by atoms with Crippen LogP contribution < -0.4 is 0 Å². The van der Waals surface area contributed by atoms with Gasteiger partial charge in [-0.2, -0.15) is 0 Å². The Bertz CT molecular complexity index is 906. The van der Waals surface area contributed by atoms with Crippen LogP contribution in [0.2, 0.25) is 0 Å². The van der Waals surface area contributed by atoms with Crippen molar-refractivity contribution in [1.82, 2.24) is 0 Å². The summed E-state index contributed by atoms with van der Waals surface area (Å²) in [5.74, 6) is 0. The van der Waals surface area contributed by atoms with E-state index in [0.717, 1.165) is 116 Å². The van der Waals surface area contributed by atoms with Gasteiger partial charge in [-0.3, -0.25) is 0 Å². The van der Waals surface area contributed by atoms with Crippen molar-refractivity contribution in [3.63, 3.8) is 0 Å². The minimum absolute atomic E-state index is 0.168. The Labute approximate surface area is 285 Å². The lowest BCUT2D eigenvalue weighted by Crippen LogP contribution is -2.05. The molecule has 1 N–H and O–H groups in total. The summed E-state index contributed by atoms with van der Waals surface area (Å²) in [4.78, 5) is 0. The molecule has 0 aromatic rings. The van der Waals surface area contributed by atoms with Crippen LogP contribution in [0.5, 0.6) is 0 Å². The zero-order chi connectivity index (χ0) is 33.3. The largest absolute Gasteiger partial charge is 0.393 e. The summed E-state index contributed by atoms with van der Waals surface area (Å²) >= 11 is 0. The summed E-state index contributed by atoms with van der Waals surface area (Å²) < 4.78 is 0. The topological polar surface area (TPSA) is 20.2 Å². The lowest BCUT2D eigenvalue weighted by Gasteiger charge is -2.08. The second-order valence-corrected chi connectivity index (χ2v) is 11.3. The van der Waals surface area contributed by atoms with Gasteiger partial charge in [-0.15, -0.1) is 0 Å². The molecule has 0 aromatic heterocycles. The average molecular weight is 625 g/mol. The van der Waals surface area contributed by atoms with Gasteiger partial charge in [0.15, 0.2) is 0 Å². The van der Waals surface area contributed by atoms with Crippen LogP contribution >= 0.6 is 0 Å². The number of rotatable bonds is 30. The van der Waals surface area contributed by atoms with E-state index in [-0.39, 0.29) is 6.10 Å². The molecule has 254 valence electrons. The first-order valence-electron chi connectivity index (χ1n) is 18.3. The van der Waals surface area contributed by atoms with Crippen LogP contribution in [0.15, 0.2) is 146 Å². The van der Waals surface area contributed by atoms with Crippen LogP contribution in [0.3, 0.4) is 0 Å². The summed E-state index contributed by atoms with van der Waals surface area (Å²) in [7, 11) is 0. The first kappa shape index (κ1) is 42.8. The highest BCUT2D eigenvalue weighted by Crippen LogP contribution is 2.10. The fourth-order valence-electron chi connectivity index (χ4n) is 4.37. The standard InChI is InChI=1S/C45H68O/c1-3-5-7-9-11-13-15-17-19-21-23-25-27-29-31-33-35-37-39-41-43-45(46)44-42-40-38-36-34-32-30-28-26-24-22-20-18-16-14-12-10-8-6-4-2/h5-8,11-14,17-20,23-26,29-32,35-38,45-46H,3-4,9-10,15-16,21-22,27-28,33-34,39-44H2,1-2H3/b7-5-,8-6-,13-11-,14-12-,19-17-,20-18-,25-23-,26-24-,31-29-,32-30-,37-35-,38-36-. The third kappa shape index (κ3) is 38.9. The van der Waals surface area contributed by atoms with E-state index in [9.17, 15) is 5.11 Å². The van der Waals surface area contributed by atoms with Crippen molar-refractivity contribution in [2.24, 2.45) is 0 Å². The van der Waals surface area contributed by atoms with Gasteiger partial charge in [0.2, 0.25) is 0 Å². The third-order valence-corrected chi connectivity index (χ3v) is 7.01. The Balaban J connectivity index is 3.60. The normalized spacial score (nSPS) is 13.8. The van der Waals surface area contributed by atoms with Crippen LogP contribution in [0, 0.1) is 0 Å². The van der Waals surface area contributed by atoms with Gasteiger partial charge < -0.3 is 5.11 Å². The molecular formula is C45H68O. The quantitative estimate of drug-likeness (QED) is 0.0622. The molecule has 0 bridgehead atoms. The summed E-state index contributed by atoms with van der Waals surface area (Å²) in [5.41, 5.74) is 0. The molecule has 0 aliphatic heterocycles.